The first kappa shape index (κ1) is 20.6. The highest BCUT2D eigenvalue weighted by molar-refractivity contribution is 7.98. The number of unbranched alkanes of at least 4 members (excludes halogenated alkanes) is 1. The molecule has 1 aromatic rings. The van der Waals surface area contributed by atoms with E-state index < -0.39 is 6.10 Å². The summed E-state index contributed by atoms with van der Waals surface area (Å²) in [4.78, 5) is 4.36. The number of nitrogens with zero attached hydrogens (tertiary/aromatic N) is 1. The summed E-state index contributed by atoms with van der Waals surface area (Å²) in [5.74, 6) is 2.07. The zero-order valence-electron chi connectivity index (χ0n) is 14.4. The maximum absolute atomic E-state index is 12.8. The van der Waals surface area contributed by atoms with E-state index in [0.717, 1.165) is 25.3 Å². The molecule has 0 saturated carbocycles. The molecular formula is C17H28FN3O2S. The molecule has 24 heavy (non-hydrogen) atoms. The maximum atomic E-state index is 12.8. The molecule has 3 N–H and O–H groups in total. The minimum atomic E-state index is -0.720. The summed E-state index contributed by atoms with van der Waals surface area (Å²) in [6, 6.07) is 5.71. The fourth-order valence-corrected chi connectivity index (χ4v) is 2.39. The van der Waals surface area contributed by atoms with Crippen molar-refractivity contribution in [3.63, 3.8) is 0 Å². The number of benzene rings is 1. The minimum Gasteiger partial charge on any atom is -0.491 e. The van der Waals surface area contributed by atoms with E-state index in [4.69, 9.17) is 4.74 Å². The Labute approximate surface area is 148 Å². The molecule has 1 aromatic carbocycles. The van der Waals surface area contributed by atoms with Gasteiger partial charge < -0.3 is 20.5 Å². The number of halogens is 1. The summed E-state index contributed by atoms with van der Waals surface area (Å²) in [7, 11) is 0. The lowest BCUT2D eigenvalue weighted by molar-refractivity contribution is 0.114. The molecule has 0 spiro atoms. The average molecular weight is 357 g/mol. The molecule has 0 aliphatic heterocycles. The molecule has 1 rings (SSSR count). The van der Waals surface area contributed by atoms with Gasteiger partial charge >= 0.3 is 0 Å². The highest BCUT2D eigenvalue weighted by atomic mass is 32.2. The van der Waals surface area contributed by atoms with Crippen molar-refractivity contribution in [2.24, 2.45) is 4.99 Å². The van der Waals surface area contributed by atoms with Gasteiger partial charge in [-0.1, -0.05) is 0 Å². The van der Waals surface area contributed by atoms with Crippen LogP contribution in [0.2, 0.25) is 0 Å². The van der Waals surface area contributed by atoms with Crippen LogP contribution in [0.1, 0.15) is 19.8 Å². The van der Waals surface area contributed by atoms with Crippen LogP contribution in [0.3, 0.4) is 0 Å². The van der Waals surface area contributed by atoms with Gasteiger partial charge in [0.2, 0.25) is 0 Å². The second-order valence-corrected chi connectivity index (χ2v) is 6.25. The number of aliphatic hydroxyl groups is 1. The summed E-state index contributed by atoms with van der Waals surface area (Å²) in [6.45, 7) is 3.97. The Kier molecular flexibility index (Phi) is 11.1. The van der Waals surface area contributed by atoms with Crippen molar-refractivity contribution in [1.29, 1.82) is 0 Å². The minimum absolute atomic E-state index is 0.113. The van der Waals surface area contributed by atoms with Gasteiger partial charge in [-0.15, -0.1) is 0 Å². The van der Waals surface area contributed by atoms with Crippen molar-refractivity contribution in [2.45, 2.75) is 25.9 Å². The van der Waals surface area contributed by atoms with Crippen molar-refractivity contribution in [2.75, 3.05) is 38.2 Å². The van der Waals surface area contributed by atoms with Crippen LogP contribution < -0.4 is 15.4 Å². The zero-order chi connectivity index (χ0) is 17.6. The Morgan fingerprint density at radius 2 is 2.04 bits per heavy atom. The van der Waals surface area contributed by atoms with E-state index in [1.165, 1.54) is 30.7 Å². The third-order valence-electron chi connectivity index (χ3n) is 3.13. The summed E-state index contributed by atoms with van der Waals surface area (Å²) < 4.78 is 18.2. The van der Waals surface area contributed by atoms with Crippen molar-refractivity contribution in [3.8, 4) is 5.75 Å². The Bertz CT molecular complexity index is 471. The van der Waals surface area contributed by atoms with Gasteiger partial charge in [-0.05, 0) is 56.0 Å². The molecule has 0 radical (unpaired) electrons. The predicted molar refractivity (Wildman–Crippen MR) is 99.5 cm³/mol. The number of aliphatic hydroxyl groups excluding tert-OH is 1. The Morgan fingerprint density at radius 3 is 2.71 bits per heavy atom. The highest BCUT2D eigenvalue weighted by Crippen LogP contribution is 2.11. The lowest BCUT2D eigenvalue weighted by Crippen LogP contribution is -2.38. The lowest BCUT2D eigenvalue weighted by atomic mass is 10.3. The molecule has 0 bridgehead atoms. The molecular weight excluding hydrogens is 329 g/mol. The number of ether oxygens (including phenoxy) is 1. The van der Waals surface area contributed by atoms with E-state index in [9.17, 15) is 9.50 Å². The second-order valence-electron chi connectivity index (χ2n) is 5.27. The number of guanidine groups is 1. The molecule has 1 atom stereocenters. The lowest BCUT2D eigenvalue weighted by Gasteiger charge is -2.13. The number of rotatable bonds is 11. The van der Waals surface area contributed by atoms with Gasteiger partial charge in [-0.2, -0.15) is 11.8 Å². The number of hydrogen-bond donors (Lipinski definition) is 3. The van der Waals surface area contributed by atoms with Gasteiger partial charge in [0.15, 0.2) is 5.96 Å². The Balaban J connectivity index is 2.31. The van der Waals surface area contributed by atoms with Gasteiger partial charge in [-0.25, -0.2) is 4.39 Å². The van der Waals surface area contributed by atoms with Crippen LogP contribution in [-0.4, -0.2) is 55.4 Å². The molecule has 1 unspecified atom stereocenters. The fraction of sp³-hybridized carbons (Fsp3) is 0.588. The highest BCUT2D eigenvalue weighted by Gasteiger charge is 2.06. The number of aliphatic imine (C=N–C) groups is 1. The zero-order valence-corrected chi connectivity index (χ0v) is 15.2. The van der Waals surface area contributed by atoms with Crippen molar-refractivity contribution in [1.82, 2.24) is 10.6 Å². The number of hydrogen-bond acceptors (Lipinski definition) is 4. The number of nitrogens with one attached hydrogen (secondary N) is 2. The van der Waals surface area contributed by atoms with Crippen LogP contribution in [0.4, 0.5) is 4.39 Å². The first-order chi connectivity index (χ1) is 11.7. The smallest absolute Gasteiger partial charge is 0.191 e. The molecule has 0 aliphatic rings. The molecule has 0 fully saturated rings. The molecule has 0 aliphatic carbocycles. The van der Waals surface area contributed by atoms with Crippen LogP contribution in [0.25, 0.3) is 0 Å². The number of thioether (sulfide) groups is 1. The van der Waals surface area contributed by atoms with Crippen LogP contribution >= 0.6 is 11.8 Å². The first-order valence-corrected chi connectivity index (χ1v) is 9.62. The first-order valence-electron chi connectivity index (χ1n) is 8.23. The van der Waals surface area contributed by atoms with Crippen molar-refractivity contribution >= 4 is 17.7 Å². The predicted octanol–water partition coefficient (Wildman–Crippen LogP) is 2.26. The molecule has 0 heterocycles. The fourth-order valence-electron chi connectivity index (χ4n) is 1.89. The van der Waals surface area contributed by atoms with E-state index >= 15 is 0 Å². The normalized spacial score (nSPS) is 12.8. The third-order valence-corrected chi connectivity index (χ3v) is 3.83. The molecule has 5 nitrogen and oxygen atoms in total. The van der Waals surface area contributed by atoms with Crippen LogP contribution in [0, 0.1) is 5.82 Å². The van der Waals surface area contributed by atoms with E-state index in [1.807, 2.05) is 18.7 Å². The Morgan fingerprint density at radius 1 is 1.29 bits per heavy atom. The quantitative estimate of drug-likeness (QED) is 0.322. The van der Waals surface area contributed by atoms with Crippen molar-refractivity contribution < 1.29 is 14.2 Å². The van der Waals surface area contributed by atoms with E-state index in [-0.39, 0.29) is 19.0 Å². The maximum Gasteiger partial charge on any atom is 0.191 e. The van der Waals surface area contributed by atoms with E-state index in [0.29, 0.717) is 11.7 Å². The second kappa shape index (κ2) is 12.9. The molecule has 7 heteroatoms. The summed E-state index contributed by atoms with van der Waals surface area (Å²) >= 11 is 1.85. The van der Waals surface area contributed by atoms with Gasteiger partial charge in [0, 0.05) is 13.1 Å². The molecule has 0 amide bonds. The van der Waals surface area contributed by atoms with Crippen LogP contribution in [0.5, 0.6) is 5.75 Å². The van der Waals surface area contributed by atoms with Gasteiger partial charge in [0.05, 0.1) is 6.54 Å². The average Bonchev–Trinajstić information content (AvgIpc) is 2.59. The largest absolute Gasteiger partial charge is 0.491 e. The summed E-state index contributed by atoms with van der Waals surface area (Å²) in [5.41, 5.74) is 0. The summed E-state index contributed by atoms with van der Waals surface area (Å²) in [6.07, 6.45) is 3.64. The summed E-state index contributed by atoms with van der Waals surface area (Å²) in [5, 5.41) is 16.4. The Hall–Kier alpha value is -1.47. The van der Waals surface area contributed by atoms with Crippen molar-refractivity contribution in [3.05, 3.63) is 30.1 Å². The molecule has 0 saturated heterocycles. The van der Waals surface area contributed by atoms with Gasteiger partial charge in [-0.3, -0.25) is 4.99 Å². The topological polar surface area (TPSA) is 65.9 Å². The van der Waals surface area contributed by atoms with E-state index in [2.05, 4.69) is 21.9 Å². The molecule has 136 valence electrons. The molecule has 0 aromatic heterocycles. The van der Waals surface area contributed by atoms with Crippen LogP contribution in [0.15, 0.2) is 29.3 Å². The van der Waals surface area contributed by atoms with Gasteiger partial charge in [0.1, 0.15) is 24.3 Å². The van der Waals surface area contributed by atoms with Crippen LogP contribution in [-0.2, 0) is 0 Å². The monoisotopic (exact) mass is 357 g/mol. The SMILES string of the molecule is CCNC(=NCC(O)COc1ccc(F)cc1)NCCCCSC. The van der Waals surface area contributed by atoms with Gasteiger partial charge in [0.25, 0.3) is 0 Å². The third kappa shape index (κ3) is 9.62. The van der Waals surface area contributed by atoms with E-state index in [1.54, 1.807) is 0 Å². The standard InChI is InChI=1S/C17H28FN3O2S/c1-3-19-17(20-10-4-5-11-24-2)21-12-15(22)13-23-16-8-6-14(18)7-9-16/h6-9,15,22H,3-5,10-13H2,1-2H3,(H2,19,20,21).